The van der Waals surface area contributed by atoms with Crippen LogP contribution in [0, 0.1) is 5.92 Å². The molecule has 1 unspecified atom stereocenters. The molecule has 3 aromatic carbocycles. The van der Waals surface area contributed by atoms with Crippen molar-refractivity contribution >= 4 is 17.8 Å². The molecule has 258 valence electrons. The number of carbonyl (C=O) groups is 3. The number of aliphatic carboxylic acids is 1. The molecule has 9 nitrogen and oxygen atoms in total. The van der Waals surface area contributed by atoms with Crippen molar-refractivity contribution in [3.05, 3.63) is 102 Å². The smallest absolute Gasteiger partial charge is 0.325 e. The predicted molar refractivity (Wildman–Crippen MR) is 192 cm³/mol. The number of amides is 2. The summed E-state index contributed by atoms with van der Waals surface area (Å²) >= 11 is 0. The number of hydrogen-bond acceptors (Lipinski definition) is 6. The van der Waals surface area contributed by atoms with E-state index in [4.69, 9.17) is 4.74 Å². The SMILES string of the molecule is CC(C)CCCCOc1ccc(-c2cnc(-c3ccc(CC(NC(=O)c4ccc(C(C)(C)C)cc4)C(=O)N[C@@H](C)C(=O)O)cc3)nc2)cc1. The lowest BCUT2D eigenvalue weighted by Crippen LogP contribution is -2.51. The van der Waals surface area contributed by atoms with Crippen LogP contribution in [0.2, 0.25) is 0 Å². The second-order valence-electron chi connectivity index (χ2n) is 13.9. The van der Waals surface area contributed by atoms with Gasteiger partial charge < -0.3 is 20.5 Å². The Morgan fingerprint density at radius 2 is 1.39 bits per heavy atom. The van der Waals surface area contributed by atoms with Gasteiger partial charge in [-0.05, 0) is 72.1 Å². The Kier molecular flexibility index (Phi) is 12.7. The van der Waals surface area contributed by atoms with E-state index >= 15 is 0 Å². The van der Waals surface area contributed by atoms with Gasteiger partial charge in [-0.1, -0.05) is 89.6 Å². The van der Waals surface area contributed by atoms with Crippen LogP contribution in [0.25, 0.3) is 22.5 Å². The first kappa shape index (κ1) is 36.8. The maximum absolute atomic E-state index is 13.2. The summed E-state index contributed by atoms with van der Waals surface area (Å²) in [6.45, 7) is 12.8. The predicted octanol–water partition coefficient (Wildman–Crippen LogP) is 7.24. The Balaban J connectivity index is 1.40. The minimum atomic E-state index is -1.17. The van der Waals surface area contributed by atoms with E-state index in [0.717, 1.165) is 40.0 Å². The first-order chi connectivity index (χ1) is 23.3. The maximum atomic E-state index is 13.2. The van der Waals surface area contributed by atoms with E-state index in [-0.39, 0.29) is 11.8 Å². The fraction of sp³-hybridized carbons (Fsp3) is 0.375. The van der Waals surface area contributed by atoms with Gasteiger partial charge in [-0.2, -0.15) is 0 Å². The van der Waals surface area contributed by atoms with E-state index in [0.29, 0.717) is 23.9 Å². The third-order valence-electron chi connectivity index (χ3n) is 8.30. The van der Waals surface area contributed by atoms with Crippen molar-refractivity contribution in [1.29, 1.82) is 0 Å². The normalized spacial score (nSPS) is 12.6. The van der Waals surface area contributed by atoms with Gasteiger partial charge in [0.25, 0.3) is 5.91 Å². The molecule has 0 saturated carbocycles. The molecular weight excluding hydrogens is 616 g/mol. The summed E-state index contributed by atoms with van der Waals surface area (Å²) in [4.78, 5) is 46.9. The van der Waals surface area contributed by atoms with Gasteiger partial charge >= 0.3 is 5.97 Å². The fourth-order valence-corrected chi connectivity index (χ4v) is 5.19. The van der Waals surface area contributed by atoms with E-state index in [1.54, 1.807) is 24.5 Å². The van der Waals surface area contributed by atoms with Gasteiger partial charge in [-0.25, -0.2) is 9.97 Å². The maximum Gasteiger partial charge on any atom is 0.325 e. The van der Waals surface area contributed by atoms with Gasteiger partial charge in [0.05, 0.1) is 6.61 Å². The van der Waals surface area contributed by atoms with Crippen LogP contribution >= 0.6 is 0 Å². The first-order valence-electron chi connectivity index (χ1n) is 16.9. The quantitative estimate of drug-likeness (QED) is 0.114. The Bertz CT molecular complexity index is 1680. The van der Waals surface area contributed by atoms with Crippen molar-refractivity contribution < 1.29 is 24.2 Å². The van der Waals surface area contributed by atoms with E-state index in [1.807, 2.05) is 60.7 Å². The van der Waals surface area contributed by atoms with Gasteiger partial charge in [0.1, 0.15) is 17.8 Å². The molecule has 0 bridgehead atoms. The summed E-state index contributed by atoms with van der Waals surface area (Å²) in [6.07, 6.45) is 7.14. The highest BCUT2D eigenvalue weighted by Crippen LogP contribution is 2.25. The average Bonchev–Trinajstić information content (AvgIpc) is 3.08. The van der Waals surface area contributed by atoms with Gasteiger partial charge in [0.15, 0.2) is 5.82 Å². The molecule has 0 fully saturated rings. The van der Waals surface area contributed by atoms with Gasteiger partial charge in [0, 0.05) is 35.5 Å². The highest BCUT2D eigenvalue weighted by atomic mass is 16.5. The fourth-order valence-electron chi connectivity index (χ4n) is 5.19. The molecule has 3 N–H and O–H groups in total. The van der Waals surface area contributed by atoms with E-state index < -0.39 is 29.9 Å². The highest BCUT2D eigenvalue weighted by Gasteiger charge is 2.25. The number of carbonyl (C=O) groups excluding carboxylic acids is 2. The number of carboxylic acid groups (broad SMARTS) is 1. The molecule has 0 aliphatic carbocycles. The van der Waals surface area contributed by atoms with Gasteiger partial charge in [-0.3, -0.25) is 14.4 Å². The number of unbranched alkanes of at least 4 members (excludes halogenated alkanes) is 1. The third-order valence-corrected chi connectivity index (χ3v) is 8.30. The Hall–Kier alpha value is -5.05. The number of nitrogens with one attached hydrogen (secondary N) is 2. The molecule has 0 aliphatic rings. The monoisotopic (exact) mass is 664 g/mol. The summed E-state index contributed by atoms with van der Waals surface area (Å²) in [5.74, 6) is -0.0670. The molecule has 1 aromatic heterocycles. The van der Waals surface area contributed by atoms with Crippen molar-refractivity contribution in [3.63, 3.8) is 0 Å². The lowest BCUT2D eigenvalue weighted by Gasteiger charge is -2.21. The van der Waals surface area contributed by atoms with Crippen molar-refractivity contribution in [2.75, 3.05) is 6.61 Å². The molecule has 2 atom stereocenters. The van der Waals surface area contributed by atoms with E-state index in [2.05, 4.69) is 55.2 Å². The van der Waals surface area contributed by atoms with Crippen molar-refractivity contribution in [3.8, 4) is 28.3 Å². The molecule has 4 aromatic rings. The Morgan fingerprint density at radius 1 is 0.776 bits per heavy atom. The summed E-state index contributed by atoms with van der Waals surface area (Å²) in [7, 11) is 0. The number of benzene rings is 3. The molecular formula is C40H48N4O5. The van der Waals surface area contributed by atoms with Crippen molar-refractivity contribution in [2.45, 2.75) is 84.7 Å². The molecule has 0 saturated heterocycles. The lowest BCUT2D eigenvalue weighted by atomic mass is 9.86. The lowest BCUT2D eigenvalue weighted by molar-refractivity contribution is -0.141. The van der Waals surface area contributed by atoms with Gasteiger partial charge in [0.2, 0.25) is 5.91 Å². The van der Waals surface area contributed by atoms with E-state index in [1.165, 1.54) is 19.8 Å². The standard InChI is InChI=1S/C40H48N4O5/c1-26(2)9-7-8-22-49-34-20-16-29(17-21-34)32-24-41-36(42-25-32)30-12-10-28(11-13-30)23-35(38(46)43-27(3)39(47)48)44-37(45)31-14-18-33(19-15-31)40(4,5)6/h10-21,24-27,35H,7-9,22-23H2,1-6H3,(H,43,46)(H,44,45)(H,47,48)/t27-,35?/m0/s1. The molecule has 1 heterocycles. The van der Waals surface area contributed by atoms with E-state index in [9.17, 15) is 19.5 Å². The van der Waals surface area contributed by atoms with Crippen LogP contribution in [-0.2, 0) is 21.4 Å². The zero-order valence-corrected chi connectivity index (χ0v) is 29.3. The molecule has 0 radical (unpaired) electrons. The Morgan fingerprint density at radius 3 is 1.96 bits per heavy atom. The molecule has 9 heteroatoms. The third kappa shape index (κ3) is 11.0. The van der Waals surface area contributed by atoms with Crippen LogP contribution in [-0.4, -0.2) is 51.5 Å². The average molecular weight is 665 g/mol. The zero-order valence-electron chi connectivity index (χ0n) is 29.3. The van der Waals surface area contributed by atoms with Gasteiger partial charge in [-0.15, -0.1) is 0 Å². The first-order valence-corrected chi connectivity index (χ1v) is 16.9. The largest absolute Gasteiger partial charge is 0.494 e. The molecule has 0 aliphatic heterocycles. The number of ether oxygens (including phenoxy) is 1. The number of nitrogens with zero attached hydrogens (tertiary/aromatic N) is 2. The van der Waals surface area contributed by atoms with Crippen LogP contribution in [0.1, 0.15) is 82.3 Å². The van der Waals surface area contributed by atoms with Crippen LogP contribution in [0.4, 0.5) is 0 Å². The van der Waals surface area contributed by atoms with Crippen LogP contribution < -0.4 is 15.4 Å². The van der Waals surface area contributed by atoms with Crippen LogP contribution in [0.5, 0.6) is 5.75 Å². The Labute approximate surface area is 289 Å². The summed E-state index contributed by atoms with van der Waals surface area (Å²) < 4.78 is 5.88. The molecule has 49 heavy (non-hydrogen) atoms. The number of hydrogen-bond donors (Lipinski definition) is 3. The minimum Gasteiger partial charge on any atom is -0.494 e. The summed E-state index contributed by atoms with van der Waals surface area (Å²) in [5.41, 5.74) is 4.85. The van der Waals surface area contributed by atoms with Crippen molar-refractivity contribution in [1.82, 2.24) is 20.6 Å². The second kappa shape index (κ2) is 16.9. The topological polar surface area (TPSA) is 131 Å². The number of aromatic nitrogens is 2. The molecule has 4 rings (SSSR count). The number of rotatable bonds is 15. The highest BCUT2D eigenvalue weighted by molar-refractivity contribution is 5.98. The summed E-state index contributed by atoms with van der Waals surface area (Å²) in [6, 6.07) is 20.5. The van der Waals surface area contributed by atoms with Crippen LogP contribution in [0.15, 0.2) is 85.2 Å². The van der Waals surface area contributed by atoms with Crippen LogP contribution in [0.3, 0.4) is 0 Å². The minimum absolute atomic E-state index is 0.0716. The molecule has 0 spiro atoms. The van der Waals surface area contributed by atoms with Crippen molar-refractivity contribution in [2.24, 2.45) is 5.92 Å². The zero-order chi connectivity index (χ0) is 35.6. The second-order valence-corrected chi connectivity index (χ2v) is 13.9. The summed E-state index contributed by atoms with van der Waals surface area (Å²) in [5, 5.41) is 14.6. The number of carboxylic acids is 1. The molecule has 2 amide bonds.